The van der Waals surface area contributed by atoms with Crippen molar-refractivity contribution in [2.75, 3.05) is 25.5 Å². The summed E-state index contributed by atoms with van der Waals surface area (Å²) in [6, 6.07) is 23.8. The van der Waals surface area contributed by atoms with E-state index in [-0.39, 0.29) is 17.4 Å². The molecule has 1 N–H and O–H groups in total. The average molecular weight is 538 g/mol. The van der Waals surface area contributed by atoms with Crippen LogP contribution >= 0.6 is 11.8 Å². The highest BCUT2D eigenvalue weighted by molar-refractivity contribution is 7.99. The number of fused-ring (bicyclic) bond motifs is 1. The Bertz CT molecular complexity index is 1460. The number of hydrogen-bond donors (Lipinski definition) is 1. The zero-order valence-corrected chi connectivity index (χ0v) is 22.7. The van der Waals surface area contributed by atoms with Gasteiger partial charge in [0.2, 0.25) is 0 Å². The quantitative estimate of drug-likeness (QED) is 0.239. The number of hydrogen-bond acceptors (Lipinski definition) is 6. The van der Waals surface area contributed by atoms with Crippen molar-refractivity contribution in [3.8, 4) is 0 Å². The second kappa shape index (κ2) is 11.5. The number of pyridine rings is 1. The molecule has 0 radical (unpaired) electrons. The molecule has 1 fully saturated rings. The van der Waals surface area contributed by atoms with Crippen molar-refractivity contribution < 1.29 is 9.63 Å². The van der Waals surface area contributed by atoms with Crippen LogP contribution in [-0.4, -0.2) is 52.3 Å². The van der Waals surface area contributed by atoms with Crippen molar-refractivity contribution in [2.45, 2.75) is 30.1 Å². The highest BCUT2D eigenvalue weighted by Gasteiger charge is 2.28. The number of carbonyl (C=O) groups is 1. The molecule has 2 aromatic carbocycles. The second-order valence-corrected chi connectivity index (χ2v) is 11.1. The van der Waals surface area contributed by atoms with Gasteiger partial charge >= 0.3 is 0 Å². The lowest BCUT2D eigenvalue weighted by Gasteiger charge is -2.27. The SMILES string of the molecule is CN1CCC(ON=C(c2ccccc2)c2cccc(NC(=O)c3ccn4c3CSC4c3cccnc3)c2)CC1. The fourth-order valence-electron chi connectivity index (χ4n) is 5.10. The number of carbonyl (C=O) groups excluding carboxylic acids is 1. The number of nitrogens with one attached hydrogen (secondary N) is 1. The summed E-state index contributed by atoms with van der Waals surface area (Å²) >= 11 is 1.80. The third-order valence-corrected chi connectivity index (χ3v) is 8.52. The third-order valence-electron chi connectivity index (χ3n) is 7.27. The van der Waals surface area contributed by atoms with Crippen molar-refractivity contribution in [3.05, 3.63) is 119 Å². The van der Waals surface area contributed by atoms with Crippen LogP contribution in [0.4, 0.5) is 5.69 Å². The molecule has 198 valence electrons. The molecule has 8 heteroatoms. The Morgan fingerprint density at radius 1 is 1.03 bits per heavy atom. The van der Waals surface area contributed by atoms with Crippen LogP contribution in [-0.2, 0) is 10.6 Å². The topological polar surface area (TPSA) is 71.8 Å². The van der Waals surface area contributed by atoms with E-state index < -0.39 is 0 Å². The van der Waals surface area contributed by atoms with E-state index in [1.54, 1.807) is 18.0 Å². The maximum absolute atomic E-state index is 13.4. The monoisotopic (exact) mass is 537 g/mol. The van der Waals surface area contributed by atoms with E-state index in [4.69, 9.17) is 4.84 Å². The Kier molecular flexibility index (Phi) is 7.47. The van der Waals surface area contributed by atoms with E-state index in [0.29, 0.717) is 5.56 Å². The van der Waals surface area contributed by atoms with E-state index in [9.17, 15) is 4.79 Å². The summed E-state index contributed by atoms with van der Waals surface area (Å²) < 4.78 is 2.17. The smallest absolute Gasteiger partial charge is 0.257 e. The van der Waals surface area contributed by atoms with Crippen molar-refractivity contribution >= 4 is 29.1 Å². The molecule has 2 aromatic heterocycles. The number of nitrogens with zero attached hydrogens (tertiary/aromatic N) is 4. The van der Waals surface area contributed by atoms with Crippen molar-refractivity contribution in [1.82, 2.24) is 14.5 Å². The summed E-state index contributed by atoms with van der Waals surface area (Å²) in [5, 5.41) is 7.88. The number of aromatic nitrogens is 2. The fraction of sp³-hybridized carbons (Fsp3) is 0.258. The Morgan fingerprint density at radius 3 is 2.64 bits per heavy atom. The van der Waals surface area contributed by atoms with E-state index in [1.807, 2.05) is 79.1 Å². The summed E-state index contributed by atoms with van der Waals surface area (Å²) in [5.74, 6) is 0.656. The number of thioether (sulfide) groups is 1. The molecule has 0 spiro atoms. The van der Waals surface area contributed by atoms with Crippen molar-refractivity contribution in [2.24, 2.45) is 5.16 Å². The molecular formula is C31H31N5O2S. The Balaban J connectivity index is 1.22. The molecule has 4 aromatic rings. The average Bonchev–Trinajstić information content (AvgIpc) is 3.58. The number of anilines is 1. The molecule has 0 saturated carbocycles. The summed E-state index contributed by atoms with van der Waals surface area (Å²) in [7, 11) is 2.13. The van der Waals surface area contributed by atoms with Gasteiger partial charge in [-0.3, -0.25) is 9.78 Å². The summed E-state index contributed by atoms with van der Waals surface area (Å²) in [6.45, 7) is 2.02. The first-order valence-electron chi connectivity index (χ1n) is 13.3. The van der Waals surface area contributed by atoms with Crippen molar-refractivity contribution in [1.29, 1.82) is 0 Å². The van der Waals surface area contributed by atoms with E-state index >= 15 is 0 Å². The first-order chi connectivity index (χ1) is 19.2. The number of likely N-dealkylation sites (tertiary alicyclic amines) is 1. The lowest BCUT2D eigenvalue weighted by molar-refractivity contribution is 0.0163. The van der Waals surface area contributed by atoms with Crippen LogP contribution in [0.15, 0.2) is 96.5 Å². The molecule has 4 heterocycles. The first kappa shape index (κ1) is 25.4. The van der Waals surface area contributed by atoms with Gasteiger partial charge in [-0.25, -0.2) is 0 Å². The number of amides is 1. The van der Waals surface area contributed by atoms with E-state index in [0.717, 1.165) is 65.5 Å². The summed E-state index contributed by atoms with van der Waals surface area (Å²) in [6.07, 6.45) is 7.69. The molecule has 1 saturated heterocycles. The largest absolute Gasteiger partial charge is 0.392 e. The summed E-state index contributed by atoms with van der Waals surface area (Å²) in [5.41, 5.74) is 6.19. The van der Waals surface area contributed by atoms with Crippen LogP contribution in [0.1, 0.15) is 51.0 Å². The van der Waals surface area contributed by atoms with Gasteiger partial charge < -0.3 is 19.6 Å². The highest BCUT2D eigenvalue weighted by atomic mass is 32.2. The van der Waals surface area contributed by atoms with Crippen LogP contribution in [0, 0.1) is 0 Å². The van der Waals surface area contributed by atoms with Gasteiger partial charge in [0, 0.05) is 65.5 Å². The minimum atomic E-state index is -0.117. The van der Waals surface area contributed by atoms with Gasteiger partial charge in [-0.2, -0.15) is 0 Å². The minimum absolute atomic E-state index is 0.105. The zero-order chi connectivity index (χ0) is 26.6. The van der Waals surface area contributed by atoms with Crippen molar-refractivity contribution in [3.63, 3.8) is 0 Å². The van der Waals surface area contributed by atoms with Gasteiger partial charge in [0.1, 0.15) is 17.2 Å². The molecule has 2 aliphatic rings. The molecule has 1 amide bonds. The number of piperidine rings is 1. The van der Waals surface area contributed by atoms with Gasteiger partial charge in [-0.1, -0.05) is 53.7 Å². The Morgan fingerprint density at radius 2 is 1.85 bits per heavy atom. The predicted octanol–water partition coefficient (Wildman–Crippen LogP) is 5.79. The molecule has 6 rings (SSSR count). The maximum Gasteiger partial charge on any atom is 0.257 e. The van der Waals surface area contributed by atoms with E-state index in [1.165, 1.54) is 0 Å². The van der Waals surface area contributed by atoms with Gasteiger partial charge in [0.05, 0.1) is 5.56 Å². The van der Waals surface area contributed by atoms with Crippen LogP contribution in [0.25, 0.3) is 0 Å². The standard InChI is InChI=1S/C31H31N5O2S/c1-35-16-12-26(13-17-35)38-34-29(22-7-3-2-4-8-22)23-9-5-11-25(19-23)33-30(37)27-14-18-36-28(27)21-39-31(36)24-10-6-15-32-20-24/h2-11,14-15,18-20,26,31H,12-13,16-17,21H2,1H3,(H,33,37). The first-order valence-corrected chi connectivity index (χ1v) is 14.3. The second-order valence-electron chi connectivity index (χ2n) is 9.98. The lowest BCUT2D eigenvalue weighted by atomic mass is 10.0. The van der Waals surface area contributed by atoms with Crippen LogP contribution < -0.4 is 5.32 Å². The molecule has 1 unspecified atom stereocenters. The minimum Gasteiger partial charge on any atom is -0.392 e. The normalized spacial score (nSPS) is 18.1. The molecule has 2 aliphatic heterocycles. The Hall–Kier alpha value is -3.88. The zero-order valence-electron chi connectivity index (χ0n) is 21.9. The molecule has 39 heavy (non-hydrogen) atoms. The highest BCUT2D eigenvalue weighted by Crippen LogP contribution is 2.42. The van der Waals surface area contributed by atoms with E-state index in [2.05, 4.69) is 38.0 Å². The van der Waals surface area contributed by atoms with Gasteiger partial charge in [-0.05, 0) is 44.2 Å². The molecule has 1 atom stereocenters. The maximum atomic E-state index is 13.4. The Labute approximate surface area is 232 Å². The number of benzene rings is 2. The molecule has 0 bridgehead atoms. The molecule has 7 nitrogen and oxygen atoms in total. The van der Waals surface area contributed by atoms with Crippen LogP contribution in [0.5, 0.6) is 0 Å². The molecular weight excluding hydrogens is 506 g/mol. The summed E-state index contributed by atoms with van der Waals surface area (Å²) in [4.78, 5) is 26.0. The van der Waals surface area contributed by atoms with Crippen LogP contribution in [0.3, 0.4) is 0 Å². The fourth-order valence-corrected chi connectivity index (χ4v) is 6.41. The third kappa shape index (κ3) is 5.62. The van der Waals surface area contributed by atoms with Gasteiger partial charge in [0.15, 0.2) is 0 Å². The predicted molar refractivity (Wildman–Crippen MR) is 156 cm³/mol. The van der Waals surface area contributed by atoms with Gasteiger partial charge in [-0.15, -0.1) is 11.8 Å². The number of oxime groups is 1. The van der Waals surface area contributed by atoms with Crippen LogP contribution in [0.2, 0.25) is 0 Å². The molecule has 0 aliphatic carbocycles. The van der Waals surface area contributed by atoms with Gasteiger partial charge in [0.25, 0.3) is 5.91 Å². The lowest BCUT2D eigenvalue weighted by Crippen LogP contribution is -2.33. The number of rotatable bonds is 7.